The van der Waals surface area contributed by atoms with Gasteiger partial charge in [-0.25, -0.2) is 4.79 Å². The number of allylic oxidation sites excluding steroid dienone is 4. The van der Waals surface area contributed by atoms with Gasteiger partial charge in [0.1, 0.15) is 0 Å². The summed E-state index contributed by atoms with van der Waals surface area (Å²) in [7, 11) is 0. The summed E-state index contributed by atoms with van der Waals surface area (Å²) in [6.45, 7) is 7.76. The molecule has 0 saturated carbocycles. The molecule has 0 heterocycles. The second kappa shape index (κ2) is 4.56. The zero-order valence-corrected chi connectivity index (χ0v) is 10.9. The minimum atomic E-state index is -0.882. The minimum Gasteiger partial charge on any atom is -0.478 e. The number of fused-ring (bicyclic) bond motifs is 1. The van der Waals surface area contributed by atoms with Crippen molar-refractivity contribution in [3.63, 3.8) is 0 Å². The van der Waals surface area contributed by atoms with Crippen molar-refractivity contribution in [2.75, 3.05) is 0 Å². The van der Waals surface area contributed by atoms with Crippen LogP contribution < -0.4 is 0 Å². The zero-order chi connectivity index (χ0) is 13.4. The third kappa shape index (κ3) is 2.05. The molecule has 0 aromatic carbocycles. The normalized spacial score (nSPS) is 24.1. The summed E-state index contributed by atoms with van der Waals surface area (Å²) in [6.07, 6.45) is 2.38. The van der Waals surface area contributed by atoms with Crippen LogP contribution in [0, 0.1) is 5.92 Å². The first-order valence-electron chi connectivity index (χ1n) is 6.25. The number of rotatable bonds is 2. The maximum atomic E-state index is 11.8. The Morgan fingerprint density at radius 2 is 2.06 bits per heavy atom. The molecule has 1 N–H and O–H groups in total. The molecule has 18 heavy (non-hydrogen) atoms. The molecule has 2 aliphatic carbocycles. The molecular formula is C15H18O3. The Hall–Kier alpha value is -1.64. The first-order valence-corrected chi connectivity index (χ1v) is 6.25. The van der Waals surface area contributed by atoms with Gasteiger partial charge in [-0.2, -0.15) is 0 Å². The Morgan fingerprint density at radius 3 is 2.61 bits per heavy atom. The lowest BCUT2D eigenvalue weighted by Gasteiger charge is -2.15. The van der Waals surface area contributed by atoms with E-state index in [0.29, 0.717) is 12.0 Å². The van der Waals surface area contributed by atoms with Crippen LogP contribution in [0.4, 0.5) is 0 Å². The van der Waals surface area contributed by atoms with E-state index in [-0.39, 0.29) is 18.1 Å². The van der Waals surface area contributed by atoms with Crippen molar-refractivity contribution in [2.24, 2.45) is 5.92 Å². The first-order chi connectivity index (χ1) is 8.41. The van der Waals surface area contributed by atoms with E-state index in [1.165, 1.54) is 0 Å². The maximum Gasteiger partial charge on any atom is 0.331 e. The standard InChI is InChI=1S/C15H18O3/c1-8(2)10-4-5-11(15(17)18)13-7-14(16)9(3)12(13)6-10/h10H,1,4-7H2,2-3H3,(H,17,18). The molecule has 0 bridgehead atoms. The fourth-order valence-corrected chi connectivity index (χ4v) is 2.83. The molecule has 0 fully saturated rings. The Bertz CT molecular complexity index is 506. The molecule has 96 valence electrons. The van der Waals surface area contributed by atoms with E-state index in [2.05, 4.69) is 6.58 Å². The van der Waals surface area contributed by atoms with E-state index in [4.69, 9.17) is 0 Å². The highest BCUT2D eigenvalue weighted by Crippen LogP contribution is 2.42. The molecular weight excluding hydrogens is 228 g/mol. The van der Waals surface area contributed by atoms with Crippen molar-refractivity contribution < 1.29 is 14.7 Å². The quantitative estimate of drug-likeness (QED) is 0.762. The summed E-state index contributed by atoms with van der Waals surface area (Å²) in [5.74, 6) is -0.527. The minimum absolute atomic E-state index is 0.0705. The summed E-state index contributed by atoms with van der Waals surface area (Å²) < 4.78 is 0. The van der Waals surface area contributed by atoms with Gasteiger partial charge < -0.3 is 5.11 Å². The topological polar surface area (TPSA) is 54.4 Å². The van der Waals surface area contributed by atoms with Gasteiger partial charge >= 0.3 is 5.97 Å². The van der Waals surface area contributed by atoms with Gasteiger partial charge in [-0.3, -0.25) is 4.79 Å². The van der Waals surface area contributed by atoms with Crippen LogP contribution in [-0.4, -0.2) is 16.9 Å². The van der Waals surface area contributed by atoms with Gasteiger partial charge in [-0.15, -0.1) is 0 Å². The summed E-state index contributed by atoms with van der Waals surface area (Å²) >= 11 is 0. The number of hydrogen-bond donors (Lipinski definition) is 1. The zero-order valence-electron chi connectivity index (χ0n) is 10.9. The molecule has 0 aromatic heterocycles. The number of carboxylic acids is 1. The number of hydrogen-bond acceptors (Lipinski definition) is 2. The summed E-state index contributed by atoms with van der Waals surface area (Å²) in [4.78, 5) is 23.1. The molecule has 3 nitrogen and oxygen atoms in total. The van der Waals surface area contributed by atoms with E-state index < -0.39 is 5.97 Å². The lowest BCUT2D eigenvalue weighted by Crippen LogP contribution is -2.05. The van der Waals surface area contributed by atoms with Crippen LogP contribution in [0.5, 0.6) is 0 Å². The van der Waals surface area contributed by atoms with Crippen LogP contribution in [-0.2, 0) is 9.59 Å². The van der Waals surface area contributed by atoms with Gasteiger partial charge in [0.2, 0.25) is 0 Å². The molecule has 0 aliphatic heterocycles. The summed E-state index contributed by atoms with van der Waals surface area (Å²) in [5, 5.41) is 9.29. The van der Waals surface area contributed by atoms with Gasteiger partial charge in [0.05, 0.1) is 0 Å². The van der Waals surface area contributed by atoms with Crippen molar-refractivity contribution in [3.05, 3.63) is 34.4 Å². The number of ketones is 1. The van der Waals surface area contributed by atoms with Gasteiger partial charge in [0.25, 0.3) is 0 Å². The second-order valence-electron chi connectivity index (χ2n) is 5.25. The Morgan fingerprint density at radius 1 is 1.39 bits per heavy atom. The summed E-state index contributed by atoms with van der Waals surface area (Å²) in [5.41, 5.74) is 3.98. The van der Waals surface area contributed by atoms with E-state index in [1.807, 2.05) is 13.8 Å². The molecule has 1 unspecified atom stereocenters. The van der Waals surface area contributed by atoms with Crippen molar-refractivity contribution in [3.8, 4) is 0 Å². The third-order valence-corrected chi connectivity index (χ3v) is 4.09. The van der Waals surface area contributed by atoms with Crippen molar-refractivity contribution in [1.29, 1.82) is 0 Å². The second-order valence-corrected chi connectivity index (χ2v) is 5.25. The maximum absolute atomic E-state index is 11.8. The summed E-state index contributed by atoms with van der Waals surface area (Å²) in [6, 6.07) is 0. The first kappa shape index (κ1) is 12.8. The van der Waals surface area contributed by atoms with E-state index in [1.54, 1.807) is 0 Å². The fraction of sp³-hybridized carbons (Fsp3) is 0.467. The Labute approximate surface area is 107 Å². The molecule has 2 aliphatic rings. The highest BCUT2D eigenvalue weighted by molar-refractivity contribution is 6.04. The average Bonchev–Trinajstić information content (AvgIpc) is 2.50. The van der Waals surface area contributed by atoms with Crippen LogP contribution in [0.1, 0.15) is 39.5 Å². The smallest absolute Gasteiger partial charge is 0.331 e. The SMILES string of the molecule is C=C(C)C1CCC(C(=O)O)=C2CC(=O)C(C)=C2C1. The molecule has 0 radical (unpaired) electrons. The lowest BCUT2D eigenvalue weighted by atomic mass is 9.90. The monoisotopic (exact) mass is 246 g/mol. The van der Waals surface area contributed by atoms with Crippen LogP contribution >= 0.6 is 0 Å². The van der Waals surface area contributed by atoms with Crippen LogP contribution in [0.15, 0.2) is 34.4 Å². The van der Waals surface area contributed by atoms with Gasteiger partial charge in [-0.05, 0) is 55.7 Å². The average molecular weight is 246 g/mol. The molecule has 3 heteroatoms. The van der Waals surface area contributed by atoms with E-state index in [9.17, 15) is 14.7 Å². The van der Waals surface area contributed by atoms with Gasteiger partial charge in [0.15, 0.2) is 5.78 Å². The molecule has 0 spiro atoms. The van der Waals surface area contributed by atoms with Crippen LogP contribution in [0.25, 0.3) is 0 Å². The van der Waals surface area contributed by atoms with Crippen LogP contribution in [0.3, 0.4) is 0 Å². The van der Waals surface area contributed by atoms with Crippen molar-refractivity contribution in [1.82, 2.24) is 0 Å². The molecule has 0 aromatic rings. The Kier molecular flexibility index (Phi) is 3.24. The number of aliphatic carboxylic acids is 1. The van der Waals surface area contributed by atoms with E-state index in [0.717, 1.165) is 35.1 Å². The molecule has 0 amide bonds. The van der Waals surface area contributed by atoms with Crippen molar-refractivity contribution >= 4 is 11.8 Å². The largest absolute Gasteiger partial charge is 0.478 e. The third-order valence-electron chi connectivity index (χ3n) is 4.09. The highest BCUT2D eigenvalue weighted by atomic mass is 16.4. The number of carbonyl (C=O) groups is 2. The predicted molar refractivity (Wildman–Crippen MR) is 69.1 cm³/mol. The molecule has 1 atom stereocenters. The fourth-order valence-electron chi connectivity index (χ4n) is 2.83. The molecule has 0 saturated heterocycles. The number of carbonyl (C=O) groups excluding carboxylic acids is 1. The highest BCUT2D eigenvalue weighted by Gasteiger charge is 2.33. The van der Waals surface area contributed by atoms with Gasteiger partial charge in [-0.1, -0.05) is 12.2 Å². The number of Topliss-reactive ketones (excluding diaryl/α,β-unsaturated/α-hetero) is 1. The molecule has 2 rings (SSSR count). The van der Waals surface area contributed by atoms with Crippen LogP contribution in [0.2, 0.25) is 0 Å². The Balaban J connectivity index is 2.49. The van der Waals surface area contributed by atoms with E-state index >= 15 is 0 Å². The number of carboxylic acid groups (broad SMARTS) is 1. The lowest BCUT2D eigenvalue weighted by molar-refractivity contribution is -0.132. The van der Waals surface area contributed by atoms with Gasteiger partial charge in [0, 0.05) is 12.0 Å². The van der Waals surface area contributed by atoms with Crippen molar-refractivity contribution in [2.45, 2.75) is 39.5 Å². The predicted octanol–water partition coefficient (Wildman–Crippen LogP) is 3.03.